The number of amides is 1. The fraction of sp³-hybridized carbons (Fsp3) is 0.500. The number of alkyl halides is 3. The summed E-state index contributed by atoms with van der Waals surface area (Å²) in [6.07, 6.45) is -1.84. The predicted octanol–water partition coefficient (Wildman–Crippen LogP) is 2.69. The summed E-state index contributed by atoms with van der Waals surface area (Å²) in [5.41, 5.74) is 6.36. The zero-order valence-electron chi connectivity index (χ0n) is 11.3. The molecule has 1 saturated carbocycles. The van der Waals surface area contributed by atoms with Crippen molar-refractivity contribution in [3.8, 4) is 5.75 Å². The minimum atomic E-state index is -4.37. The lowest BCUT2D eigenvalue weighted by Crippen LogP contribution is -2.34. The highest BCUT2D eigenvalue weighted by atomic mass is 19.4. The monoisotopic (exact) mass is 302 g/mol. The number of nitrogens with two attached hydrogens (primary N) is 1. The Bertz CT molecular complexity index is 488. The van der Waals surface area contributed by atoms with Gasteiger partial charge in [0.15, 0.2) is 6.61 Å². The van der Waals surface area contributed by atoms with Gasteiger partial charge in [-0.25, -0.2) is 0 Å². The average molecular weight is 302 g/mol. The van der Waals surface area contributed by atoms with E-state index in [1.807, 2.05) is 0 Å². The molecule has 116 valence electrons. The standard InChI is InChI=1S/C14H17F3N2O2/c15-14(16,17)8-21-10-6-4-9(5-7-10)19-13(20)11-2-1-3-12(11)18/h4-7,11-12H,1-3,8,18H2,(H,19,20). The number of anilines is 1. The van der Waals surface area contributed by atoms with Crippen LogP contribution in [0.5, 0.6) is 5.75 Å². The molecule has 1 amide bonds. The molecular weight excluding hydrogens is 285 g/mol. The second-order valence-electron chi connectivity index (χ2n) is 5.12. The Hall–Kier alpha value is -1.76. The molecule has 2 unspecified atom stereocenters. The third kappa shape index (κ3) is 4.63. The summed E-state index contributed by atoms with van der Waals surface area (Å²) < 4.78 is 40.6. The van der Waals surface area contributed by atoms with Gasteiger partial charge in [-0.2, -0.15) is 13.2 Å². The number of carbonyl (C=O) groups is 1. The largest absolute Gasteiger partial charge is 0.484 e. The smallest absolute Gasteiger partial charge is 0.422 e. The van der Waals surface area contributed by atoms with Gasteiger partial charge in [-0.15, -0.1) is 0 Å². The molecule has 7 heteroatoms. The number of nitrogens with one attached hydrogen (secondary N) is 1. The highest BCUT2D eigenvalue weighted by Gasteiger charge is 2.30. The molecule has 3 N–H and O–H groups in total. The van der Waals surface area contributed by atoms with Gasteiger partial charge in [-0.1, -0.05) is 6.42 Å². The first-order chi connectivity index (χ1) is 9.85. The maximum absolute atomic E-state index is 12.0. The Kier molecular flexibility index (Phi) is 4.72. The molecule has 2 rings (SSSR count). The molecule has 0 aliphatic heterocycles. The molecule has 1 aromatic rings. The van der Waals surface area contributed by atoms with Gasteiger partial charge in [-0.05, 0) is 37.1 Å². The van der Waals surface area contributed by atoms with Gasteiger partial charge in [0.2, 0.25) is 5.91 Å². The maximum atomic E-state index is 12.0. The van der Waals surface area contributed by atoms with Crippen molar-refractivity contribution < 1.29 is 22.7 Å². The molecule has 4 nitrogen and oxygen atoms in total. The molecule has 1 aliphatic carbocycles. The van der Waals surface area contributed by atoms with Crippen molar-refractivity contribution in [2.45, 2.75) is 31.5 Å². The van der Waals surface area contributed by atoms with Crippen LogP contribution < -0.4 is 15.8 Å². The number of hydrogen-bond donors (Lipinski definition) is 2. The molecule has 0 heterocycles. The molecule has 21 heavy (non-hydrogen) atoms. The molecule has 0 spiro atoms. The van der Waals surface area contributed by atoms with Crippen molar-refractivity contribution in [1.29, 1.82) is 0 Å². The summed E-state index contributed by atoms with van der Waals surface area (Å²) in [5.74, 6) is -0.252. The Morgan fingerprint density at radius 2 is 1.95 bits per heavy atom. The zero-order chi connectivity index (χ0) is 15.5. The van der Waals surface area contributed by atoms with Crippen LogP contribution in [-0.4, -0.2) is 24.7 Å². The SMILES string of the molecule is NC1CCCC1C(=O)Nc1ccc(OCC(F)(F)F)cc1. The van der Waals surface area contributed by atoms with E-state index in [1.54, 1.807) is 0 Å². The Balaban J connectivity index is 1.89. The first-order valence-corrected chi connectivity index (χ1v) is 6.71. The summed E-state index contributed by atoms with van der Waals surface area (Å²) in [6.45, 7) is -1.34. The normalized spacial score (nSPS) is 22.1. The number of halogens is 3. The van der Waals surface area contributed by atoms with Crippen molar-refractivity contribution in [1.82, 2.24) is 0 Å². The first-order valence-electron chi connectivity index (χ1n) is 6.71. The van der Waals surface area contributed by atoms with Crippen molar-refractivity contribution in [2.24, 2.45) is 11.7 Å². The van der Waals surface area contributed by atoms with Crippen molar-refractivity contribution in [2.75, 3.05) is 11.9 Å². The third-order valence-electron chi connectivity index (χ3n) is 3.43. The lowest BCUT2D eigenvalue weighted by atomic mass is 10.0. The summed E-state index contributed by atoms with van der Waals surface area (Å²) in [5, 5.41) is 2.72. The van der Waals surface area contributed by atoms with Crippen LogP contribution in [0.25, 0.3) is 0 Å². The highest BCUT2D eigenvalue weighted by molar-refractivity contribution is 5.93. The second kappa shape index (κ2) is 6.34. The van der Waals surface area contributed by atoms with E-state index in [0.29, 0.717) is 5.69 Å². The molecule has 2 atom stereocenters. The molecular formula is C14H17F3N2O2. The van der Waals surface area contributed by atoms with Crippen LogP contribution in [0, 0.1) is 5.92 Å². The number of carbonyl (C=O) groups excluding carboxylic acids is 1. The number of benzene rings is 1. The molecule has 0 saturated heterocycles. The highest BCUT2D eigenvalue weighted by Crippen LogP contribution is 2.26. The van der Waals surface area contributed by atoms with Crippen LogP contribution in [0.1, 0.15) is 19.3 Å². The number of hydrogen-bond acceptors (Lipinski definition) is 3. The van der Waals surface area contributed by atoms with E-state index in [-0.39, 0.29) is 23.6 Å². The topological polar surface area (TPSA) is 64.4 Å². The fourth-order valence-electron chi connectivity index (χ4n) is 2.35. The molecule has 0 radical (unpaired) electrons. The Labute approximate surface area is 120 Å². The summed E-state index contributed by atoms with van der Waals surface area (Å²) >= 11 is 0. The summed E-state index contributed by atoms with van der Waals surface area (Å²) in [6, 6.07) is 5.65. The zero-order valence-corrected chi connectivity index (χ0v) is 11.3. The molecule has 1 aliphatic rings. The van der Waals surface area contributed by atoms with Gasteiger partial charge >= 0.3 is 6.18 Å². The molecule has 1 aromatic carbocycles. The molecule has 0 bridgehead atoms. The lowest BCUT2D eigenvalue weighted by molar-refractivity contribution is -0.153. The van der Waals surface area contributed by atoms with Crippen LogP contribution in [0.3, 0.4) is 0 Å². The second-order valence-corrected chi connectivity index (χ2v) is 5.12. The van der Waals surface area contributed by atoms with Crippen LogP contribution in [0.15, 0.2) is 24.3 Å². The first kappa shape index (κ1) is 15.6. The number of rotatable bonds is 4. The predicted molar refractivity (Wildman–Crippen MR) is 71.9 cm³/mol. The summed E-state index contributed by atoms with van der Waals surface area (Å²) in [7, 11) is 0. The van der Waals surface area contributed by atoms with E-state index in [1.165, 1.54) is 24.3 Å². The molecule has 0 aromatic heterocycles. The van der Waals surface area contributed by atoms with E-state index in [0.717, 1.165) is 19.3 Å². The average Bonchev–Trinajstić information content (AvgIpc) is 2.83. The molecule has 1 fully saturated rings. The maximum Gasteiger partial charge on any atom is 0.422 e. The van der Waals surface area contributed by atoms with E-state index in [9.17, 15) is 18.0 Å². The minimum absolute atomic E-state index is 0.0999. The number of ether oxygens (including phenoxy) is 1. The van der Waals surface area contributed by atoms with Crippen molar-refractivity contribution >= 4 is 11.6 Å². The van der Waals surface area contributed by atoms with E-state index in [4.69, 9.17) is 5.73 Å². The van der Waals surface area contributed by atoms with Crippen molar-refractivity contribution in [3.05, 3.63) is 24.3 Å². The minimum Gasteiger partial charge on any atom is -0.484 e. The summed E-state index contributed by atoms with van der Waals surface area (Å²) in [4.78, 5) is 12.0. The van der Waals surface area contributed by atoms with Gasteiger partial charge in [0.25, 0.3) is 0 Å². The van der Waals surface area contributed by atoms with Crippen LogP contribution in [0.4, 0.5) is 18.9 Å². The van der Waals surface area contributed by atoms with Gasteiger partial charge in [0.1, 0.15) is 5.75 Å². The van der Waals surface area contributed by atoms with Crippen LogP contribution in [-0.2, 0) is 4.79 Å². The van der Waals surface area contributed by atoms with E-state index >= 15 is 0 Å². The van der Waals surface area contributed by atoms with Crippen LogP contribution in [0.2, 0.25) is 0 Å². The van der Waals surface area contributed by atoms with E-state index < -0.39 is 12.8 Å². The van der Waals surface area contributed by atoms with Gasteiger partial charge < -0.3 is 15.8 Å². The van der Waals surface area contributed by atoms with Crippen molar-refractivity contribution in [3.63, 3.8) is 0 Å². The van der Waals surface area contributed by atoms with Gasteiger partial charge in [0, 0.05) is 11.7 Å². The van der Waals surface area contributed by atoms with Gasteiger partial charge in [0.05, 0.1) is 5.92 Å². The van der Waals surface area contributed by atoms with Crippen LogP contribution >= 0.6 is 0 Å². The van der Waals surface area contributed by atoms with Gasteiger partial charge in [-0.3, -0.25) is 4.79 Å². The third-order valence-corrected chi connectivity index (χ3v) is 3.43. The van der Waals surface area contributed by atoms with E-state index in [2.05, 4.69) is 10.1 Å². The lowest BCUT2D eigenvalue weighted by Gasteiger charge is -2.15. The fourth-order valence-corrected chi connectivity index (χ4v) is 2.35. The quantitative estimate of drug-likeness (QED) is 0.899. The Morgan fingerprint density at radius 1 is 1.29 bits per heavy atom. The Morgan fingerprint density at radius 3 is 2.48 bits per heavy atom.